The molecule has 26 heteroatoms. The second kappa shape index (κ2) is 56.6. The van der Waals surface area contributed by atoms with E-state index in [1.165, 1.54) is 19.6 Å². The molecule has 13 aromatic rings. The third-order valence-electron chi connectivity index (χ3n) is 17.3. The number of carbonyl (C=O) groups is 4. The van der Waals surface area contributed by atoms with Gasteiger partial charge >= 0.3 is 7.60 Å². The predicted molar refractivity (Wildman–Crippen MR) is 519 cm³/mol. The van der Waals surface area contributed by atoms with Crippen LogP contribution in [-0.2, 0) is 18.0 Å². The largest absolute Gasteiger partial charge is 0.439 e. The molecule has 0 radical (unpaired) electrons. The number of furan rings is 2. The van der Waals surface area contributed by atoms with Crippen molar-refractivity contribution in [1.82, 2.24) is 4.90 Å². The first-order valence-electron chi connectivity index (χ1n) is 39.2. The van der Waals surface area contributed by atoms with Crippen LogP contribution in [0.25, 0.3) is 49.7 Å². The van der Waals surface area contributed by atoms with Crippen LogP contribution in [0.3, 0.4) is 0 Å². The van der Waals surface area contributed by atoms with Crippen molar-refractivity contribution in [3.8, 4) is 63.1 Å². The number of nitriles is 3. The van der Waals surface area contributed by atoms with Crippen LogP contribution in [0.4, 0.5) is 11.8 Å². The first-order valence-corrected chi connectivity index (χ1v) is 48.2. The number of nitrogens with zero attached hydrogens (tertiary/aromatic N) is 5. The summed E-state index contributed by atoms with van der Waals surface area (Å²) in [7, 11) is -5.24. The van der Waals surface area contributed by atoms with E-state index in [-0.39, 0.29) is 29.9 Å². The van der Waals surface area contributed by atoms with Crippen molar-refractivity contribution >= 4 is 131 Å². The summed E-state index contributed by atoms with van der Waals surface area (Å²) < 4.78 is 46.2. The molecule has 0 saturated carbocycles. The highest BCUT2D eigenvalue weighted by Gasteiger charge is 2.41. The minimum atomic E-state index is -3.34. The van der Waals surface area contributed by atoms with Crippen LogP contribution in [0.15, 0.2) is 335 Å². The standard InChI is InChI=1S/2C17H11BrN2O.2C14H11BrO2.C14H25O4PSi.C7H5BrO.C7H6O.C6H15N.C3H2N2/c18-13-8-6-11(7-9-13)15-14(10-19)17(20)21-16(15)12-4-2-1-3-5-12;18-13-8-6-12(7-9-13)16-15(11-4-2-1-3-5-11)14(10-19)17(20)21-16;2*15-12-8-6-11(7-9-12)14(17)13(16)10-4-2-1-3-5-10;1-6-16-19(15,17-7-2)14(18-20(3,4)5)13-11-9-8-10-12-13;8-7-3-1-6(5-9)2-4-7;8-6-7-4-2-1-3-5-7;1-4-7(5-2)6-3;1-5-3-2-4/h2*1-9H,20H2;1-9,14,17H;1-9,13,16H;8-12,14H,6-7H2,1-5H3;1-5H;1-6H;4-6H2,1-3H3;3H2. The number of Topliss-reactive ketones (excluding diaryl/α,β-unsaturated/α-hetero) is 2. The molecular weight excluding hydrogens is 1940 g/mol. The van der Waals surface area contributed by atoms with E-state index in [1.807, 2.05) is 196 Å². The molecule has 0 saturated heterocycles. The van der Waals surface area contributed by atoms with Gasteiger partial charge in [-0.2, -0.15) is 15.8 Å². The van der Waals surface area contributed by atoms with Crippen LogP contribution in [0, 0.1) is 40.6 Å². The van der Waals surface area contributed by atoms with Gasteiger partial charge in [0.05, 0.1) is 13.2 Å². The minimum absolute atomic E-state index is 0.0139. The lowest BCUT2D eigenvalue weighted by Crippen LogP contribution is -2.28. The summed E-state index contributed by atoms with van der Waals surface area (Å²) >= 11 is 16.7. The van der Waals surface area contributed by atoms with E-state index < -0.39 is 34.0 Å². The average molecular weight is 2040 g/mol. The van der Waals surface area contributed by atoms with Gasteiger partial charge in [-0.3, -0.25) is 23.7 Å². The molecule has 0 aliphatic rings. The molecule has 13 rings (SSSR count). The zero-order valence-corrected chi connectivity index (χ0v) is 80.0. The van der Waals surface area contributed by atoms with Crippen molar-refractivity contribution in [2.24, 2.45) is 0 Å². The number of ketones is 2. The molecular formula is C99H97Br5N7O12PSi. The van der Waals surface area contributed by atoms with Crippen molar-refractivity contribution in [2.75, 3.05) is 50.9 Å². The molecule has 6 N–H and O–H groups in total. The molecule has 0 aliphatic carbocycles. The average Bonchev–Trinajstić information content (AvgIpc) is 1.65. The number of nitrogen functional groups attached to an aromatic ring is 2. The molecule has 0 spiro atoms. The molecule has 0 bridgehead atoms. The van der Waals surface area contributed by atoms with Crippen molar-refractivity contribution in [3.63, 3.8) is 0 Å². The summed E-state index contributed by atoms with van der Waals surface area (Å²) in [5.74, 6) is 0.296. The van der Waals surface area contributed by atoms with Gasteiger partial charge in [0.2, 0.25) is 11.8 Å². The van der Waals surface area contributed by atoms with Crippen molar-refractivity contribution < 1.29 is 56.3 Å². The first kappa shape index (κ1) is 104. The van der Waals surface area contributed by atoms with E-state index in [4.69, 9.17) is 45.6 Å². The van der Waals surface area contributed by atoms with Crippen LogP contribution in [0.5, 0.6) is 0 Å². The zero-order valence-electron chi connectivity index (χ0n) is 70.2. The molecule has 3 atom stereocenters. The third kappa shape index (κ3) is 35.4. The summed E-state index contributed by atoms with van der Waals surface area (Å²) in [6.07, 6.45) is -0.547. The van der Waals surface area contributed by atoms with Gasteiger partial charge < -0.3 is 53.7 Å². The summed E-state index contributed by atoms with van der Waals surface area (Å²) in [4.78, 5) is 49.2. The van der Waals surface area contributed by atoms with E-state index in [9.17, 15) is 44.5 Å². The molecule has 19 nitrogen and oxygen atoms in total. The van der Waals surface area contributed by atoms with E-state index in [2.05, 4.69) is 142 Å². The maximum atomic E-state index is 13.0. The van der Waals surface area contributed by atoms with Crippen LogP contribution in [0.2, 0.25) is 19.6 Å². The van der Waals surface area contributed by atoms with Gasteiger partial charge in [0.1, 0.15) is 65.6 Å². The fourth-order valence-electron chi connectivity index (χ4n) is 11.2. The highest BCUT2D eigenvalue weighted by Crippen LogP contribution is 2.62. The van der Waals surface area contributed by atoms with Gasteiger partial charge in [-0.25, -0.2) is 6.57 Å². The third-order valence-corrected chi connectivity index (χ3v) is 23.3. The molecule has 0 amide bonds. The summed E-state index contributed by atoms with van der Waals surface area (Å²) in [6, 6.07) is 98.2. The minimum Gasteiger partial charge on any atom is -0.439 e. The second-order valence-electron chi connectivity index (χ2n) is 27.1. The lowest BCUT2D eigenvalue weighted by molar-refractivity contribution is 0.0743. The molecule has 644 valence electrons. The van der Waals surface area contributed by atoms with Crippen LogP contribution in [0.1, 0.15) is 122 Å². The SMILES string of the molecule is CCN(CC)CC.CCOP(=O)(OCC)C(O[Si](C)(C)C)c1ccccc1.N#Cc1c(N)oc(-c2ccc(Br)cc2)c1-c1ccccc1.N#Cc1c(N)oc(-c2ccccc2)c1-c1ccc(Br)cc1.O=C(c1ccc(Br)cc1)C(O)c1ccccc1.O=C(c1ccccc1)C(O)c1ccc(Br)cc1.O=Cc1ccc(Br)cc1.O=Cc1ccccc1.[C-]#[N+]CC#N. The van der Waals surface area contributed by atoms with Gasteiger partial charge in [0, 0.05) is 66.9 Å². The molecule has 3 unspecified atom stereocenters. The van der Waals surface area contributed by atoms with Gasteiger partial charge in [-0.05, 0) is 142 Å². The van der Waals surface area contributed by atoms with Crippen molar-refractivity contribution in [1.29, 1.82) is 15.8 Å². The lowest BCUT2D eigenvalue weighted by atomic mass is 9.98. The van der Waals surface area contributed by atoms with Gasteiger partial charge in [0.25, 0.3) is 6.54 Å². The van der Waals surface area contributed by atoms with E-state index in [1.54, 1.807) is 127 Å². The fraction of sp³-hybridized carbons (Fsp3) is 0.172. The van der Waals surface area contributed by atoms with Crippen LogP contribution >= 0.6 is 87.2 Å². The highest BCUT2D eigenvalue weighted by atomic mass is 79.9. The number of hydrogen-bond donors (Lipinski definition) is 4. The molecule has 125 heavy (non-hydrogen) atoms. The monoisotopic (exact) mass is 2030 g/mol. The maximum Gasteiger partial charge on any atom is 0.362 e. The molecule has 0 aliphatic heterocycles. The number of rotatable bonds is 23. The Bertz CT molecular complexity index is 5600. The predicted octanol–water partition coefficient (Wildman–Crippen LogP) is 26.7. The number of aldehydes is 2. The number of hydrogen-bond acceptors (Lipinski definition) is 18. The quantitative estimate of drug-likeness (QED) is 0.0115. The second-order valence-corrected chi connectivity index (χ2v) is 38.2. The molecule has 2 heterocycles. The van der Waals surface area contributed by atoms with E-state index >= 15 is 0 Å². The Kier molecular flexibility index (Phi) is 47.3. The lowest BCUT2D eigenvalue weighted by Gasteiger charge is -2.31. The highest BCUT2D eigenvalue weighted by molar-refractivity contribution is 9.11. The normalized spacial score (nSPS) is 11.0. The van der Waals surface area contributed by atoms with Crippen LogP contribution < -0.4 is 11.5 Å². The number of aliphatic hydroxyl groups excluding tert-OH is 2. The Morgan fingerprint density at radius 2 is 0.760 bits per heavy atom. The van der Waals surface area contributed by atoms with Crippen molar-refractivity contribution in [2.45, 2.75) is 72.3 Å². The Labute approximate surface area is 775 Å². The van der Waals surface area contributed by atoms with E-state index in [0.29, 0.717) is 63.7 Å². The Balaban J connectivity index is 0.000000257. The summed E-state index contributed by atoms with van der Waals surface area (Å²) in [5.41, 5.74) is 22.0. The Morgan fingerprint density at radius 1 is 0.456 bits per heavy atom. The summed E-state index contributed by atoms with van der Waals surface area (Å²) in [6.45, 7) is 26.6. The fourth-order valence-corrected chi connectivity index (χ4v) is 16.4. The Morgan fingerprint density at radius 3 is 1.10 bits per heavy atom. The van der Waals surface area contributed by atoms with Crippen molar-refractivity contribution in [3.05, 3.63) is 387 Å². The zero-order chi connectivity index (χ0) is 91.7. The molecule has 2 aromatic heterocycles. The topological polar surface area (TPSA) is 311 Å². The van der Waals surface area contributed by atoms with Crippen LogP contribution in [-0.4, -0.2) is 87.0 Å². The Hall–Kier alpha value is -11.2. The smallest absolute Gasteiger partial charge is 0.362 e. The molecule has 0 fully saturated rings. The number of carbonyl (C=O) groups excluding carboxylic acids is 4. The first-order chi connectivity index (χ1) is 60.1. The number of anilines is 2. The number of halogens is 5. The maximum absolute atomic E-state index is 13.0. The molecule has 11 aromatic carbocycles. The van der Waals surface area contributed by atoms with E-state index in [0.717, 1.165) is 79.4 Å². The number of nitrogens with two attached hydrogens (primary N) is 2. The van der Waals surface area contributed by atoms with Gasteiger partial charge in [0.15, 0.2) is 25.7 Å². The number of benzene rings is 11. The van der Waals surface area contributed by atoms with Gasteiger partial charge in [-0.15, -0.1) is 0 Å². The number of aliphatic hydroxyl groups is 2. The van der Waals surface area contributed by atoms with Gasteiger partial charge in [-0.1, -0.05) is 343 Å². The summed E-state index contributed by atoms with van der Waals surface area (Å²) in [5, 5.41) is 46.3.